The zero-order chi connectivity index (χ0) is 25.8. The standard InChI is InChI=1S/C25H20N2O9/c1-15-4-7-18(12-20(15)27(32)33)26-13-17(11-23(26)29)24(30)35-14-21(28)16-5-8-19(9-6-16)36-25(31)22-3-2-10-34-22/h2-10,12,17H,11,13-14H2,1H3/t17-/m0/s1. The molecule has 36 heavy (non-hydrogen) atoms. The van der Waals surface area contributed by atoms with E-state index < -0.39 is 35.2 Å². The molecule has 1 amide bonds. The van der Waals surface area contributed by atoms with E-state index in [1.807, 2.05) is 0 Å². The van der Waals surface area contributed by atoms with Crippen LogP contribution >= 0.6 is 0 Å². The summed E-state index contributed by atoms with van der Waals surface area (Å²) in [6, 6.07) is 13.1. The summed E-state index contributed by atoms with van der Waals surface area (Å²) >= 11 is 0. The van der Waals surface area contributed by atoms with Gasteiger partial charge in [-0.25, -0.2) is 4.79 Å². The Balaban J connectivity index is 1.31. The molecule has 0 radical (unpaired) electrons. The highest BCUT2D eigenvalue weighted by Crippen LogP contribution is 2.30. The van der Waals surface area contributed by atoms with E-state index in [-0.39, 0.29) is 41.6 Å². The number of carbonyl (C=O) groups is 4. The van der Waals surface area contributed by atoms with Crippen LogP contribution in [0, 0.1) is 23.0 Å². The normalized spacial score (nSPS) is 15.0. The quantitative estimate of drug-likeness (QED) is 0.152. The maximum atomic E-state index is 12.5. The van der Waals surface area contributed by atoms with Crippen LogP contribution in [0.25, 0.3) is 0 Å². The number of furan rings is 1. The first-order valence-corrected chi connectivity index (χ1v) is 10.8. The fraction of sp³-hybridized carbons (Fsp3) is 0.200. The number of ether oxygens (including phenoxy) is 2. The fourth-order valence-electron chi connectivity index (χ4n) is 3.68. The Hall–Kier alpha value is -4.80. The molecule has 2 aromatic carbocycles. The smallest absolute Gasteiger partial charge is 0.379 e. The highest BCUT2D eigenvalue weighted by Gasteiger charge is 2.37. The van der Waals surface area contributed by atoms with Gasteiger partial charge in [0.05, 0.1) is 22.8 Å². The first-order chi connectivity index (χ1) is 17.2. The number of rotatable bonds is 8. The Bertz CT molecular complexity index is 1330. The number of esters is 2. The molecule has 4 rings (SSSR count). The number of Topliss-reactive ketones (excluding diaryl/α,β-unsaturated/α-hetero) is 1. The van der Waals surface area contributed by atoms with Gasteiger partial charge in [-0.15, -0.1) is 0 Å². The number of anilines is 1. The van der Waals surface area contributed by atoms with Crippen molar-refractivity contribution in [2.75, 3.05) is 18.1 Å². The molecule has 11 heteroatoms. The van der Waals surface area contributed by atoms with Gasteiger partial charge in [0.1, 0.15) is 5.75 Å². The fourth-order valence-corrected chi connectivity index (χ4v) is 3.68. The van der Waals surface area contributed by atoms with Crippen LogP contribution in [0.15, 0.2) is 65.3 Å². The predicted molar refractivity (Wildman–Crippen MR) is 124 cm³/mol. The number of hydrogen-bond acceptors (Lipinski definition) is 9. The number of aryl methyl sites for hydroxylation is 1. The second-order valence-corrected chi connectivity index (χ2v) is 8.06. The highest BCUT2D eigenvalue weighted by molar-refractivity contribution is 6.01. The van der Waals surface area contributed by atoms with Gasteiger partial charge in [0.15, 0.2) is 12.4 Å². The second kappa shape index (κ2) is 10.2. The van der Waals surface area contributed by atoms with E-state index in [4.69, 9.17) is 13.9 Å². The lowest BCUT2D eigenvalue weighted by Gasteiger charge is -2.16. The van der Waals surface area contributed by atoms with Gasteiger partial charge in [-0.05, 0) is 49.4 Å². The molecule has 0 aliphatic carbocycles. The third kappa shape index (κ3) is 5.30. The zero-order valence-corrected chi connectivity index (χ0v) is 19.0. The van der Waals surface area contributed by atoms with Gasteiger partial charge in [-0.3, -0.25) is 24.5 Å². The van der Waals surface area contributed by atoms with Crippen molar-refractivity contribution in [3.05, 3.63) is 87.9 Å². The van der Waals surface area contributed by atoms with Crippen LogP contribution in [-0.4, -0.2) is 41.7 Å². The van der Waals surface area contributed by atoms with Crippen LogP contribution in [0.5, 0.6) is 5.75 Å². The number of ketones is 1. The SMILES string of the molecule is Cc1ccc(N2C[C@@H](C(=O)OCC(=O)c3ccc(OC(=O)c4ccco4)cc3)CC2=O)cc1[N+](=O)[O-]. The van der Waals surface area contributed by atoms with Crippen LogP contribution < -0.4 is 9.64 Å². The molecule has 0 spiro atoms. The van der Waals surface area contributed by atoms with Gasteiger partial charge in [-0.2, -0.15) is 0 Å². The minimum atomic E-state index is -0.811. The van der Waals surface area contributed by atoms with E-state index in [0.29, 0.717) is 11.3 Å². The number of hydrogen-bond donors (Lipinski definition) is 0. The van der Waals surface area contributed by atoms with Crippen LogP contribution in [0.3, 0.4) is 0 Å². The van der Waals surface area contributed by atoms with E-state index in [9.17, 15) is 29.3 Å². The molecule has 0 saturated carbocycles. The van der Waals surface area contributed by atoms with E-state index in [2.05, 4.69) is 0 Å². The minimum absolute atomic E-state index is 0.0121. The van der Waals surface area contributed by atoms with Crippen LogP contribution in [0.4, 0.5) is 11.4 Å². The van der Waals surface area contributed by atoms with Gasteiger partial charge < -0.3 is 18.8 Å². The molecule has 11 nitrogen and oxygen atoms in total. The molecule has 184 valence electrons. The number of benzene rings is 2. The average Bonchev–Trinajstić information content (AvgIpc) is 3.53. The molecule has 0 unspecified atom stereocenters. The van der Waals surface area contributed by atoms with Crippen molar-refractivity contribution in [2.24, 2.45) is 5.92 Å². The molecular weight excluding hydrogens is 472 g/mol. The van der Waals surface area contributed by atoms with Gasteiger partial charge in [0, 0.05) is 30.2 Å². The van der Waals surface area contributed by atoms with Crippen molar-refractivity contribution in [3.63, 3.8) is 0 Å². The summed E-state index contributed by atoms with van der Waals surface area (Å²) in [6.45, 7) is 1.04. The van der Waals surface area contributed by atoms with Crippen LogP contribution in [-0.2, 0) is 14.3 Å². The highest BCUT2D eigenvalue weighted by atomic mass is 16.6. The van der Waals surface area contributed by atoms with Gasteiger partial charge in [-0.1, -0.05) is 6.07 Å². The Labute approximate surface area is 204 Å². The molecule has 0 N–H and O–H groups in total. The molecule has 1 aliphatic heterocycles. The van der Waals surface area contributed by atoms with Crippen molar-refractivity contribution < 1.29 is 38.0 Å². The third-order valence-corrected chi connectivity index (χ3v) is 5.61. The van der Waals surface area contributed by atoms with E-state index in [0.717, 1.165) is 0 Å². The van der Waals surface area contributed by atoms with Gasteiger partial charge >= 0.3 is 11.9 Å². The largest absolute Gasteiger partial charge is 0.457 e. The zero-order valence-electron chi connectivity index (χ0n) is 19.0. The molecule has 2 heterocycles. The van der Waals surface area contributed by atoms with Crippen molar-refractivity contribution >= 4 is 35.0 Å². The Morgan fingerprint density at radius 3 is 2.56 bits per heavy atom. The molecule has 1 atom stereocenters. The summed E-state index contributed by atoms with van der Waals surface area (Å²) in [5, 5.41) is 11.2. The molecule has 1 aromatic heterocycles. The van der Waals surface area contributed by atoms with E-state index in [1.54, 1.807) is 19.1 Å². The summed E-state index contributed by atoms with van der Waals surface area (Å²) in [5.74, 6) is -2.84. The molecule has 3 aromatic rings. The lowest BCUT2D eigenvalue weighted by Crippen LogP contribution is -2.27. The summed E-state index contributed by atoms with van der Waals surface area (Å²) < 4.78 is 15.2. The molecule has 1 saturated heterocycles. The van der Waals surface area contributed by atoms with Crippen molar-refractivity contribution in [3.8, 4) is 5.75 Å². The van der Waals surface area contributed by atoms with Crippen molar-refractivity contribution in [2.45, 2.75) is 13.3 Å². The van der Waals surface area contributed by atoms with E-state index >= 15 is 0 Å². The lowest BCUT2D eigenvalue weighted by molar-refractivity contribution is -0.385. The van der Waals surface area contributed by atoms with Crippen molar-refractivity contribution in [1.82, 2.24) is 0 Å². The predicted octanol–water partition coefficient (Wildman–Crippen LogP) is 3.49. The van der Waals surface area contributed by atoms with E-state index in [1.165, 1.54) is 53.6 Å². The van der Waals surface area contributed by atoms with Crippen LogP contribution in [0.2, 0.25) is 0 Å². The number of carbonyl (C=O) groups excluding carboxylic acids is 4. The third-order valence-electron chi connectivity index (χ3n) is 5.61. The van der Waals surface area contributed by atoms with Gasteiger partial charge in [0.2, 0.25) is 11.7 Å². The molecule has 0 bridgehead atoms. The summed E-state index contributed by atoms with van der Waals surface area (Å²) in [5.41, 5.74) is 0.875. The second-order valence-electron chi connectivity index (χ2n) is 8.06. The topological polar surface area (TPSA) is 146 Å². The Morgan fingerprint density at radius 1 is 1.14 bits per heavy atom. The first kappa shape index (κ1) is 24.3. The Morgan fingerprint density at radius 2 is 1.89 bits per heavy atom. The molecule has 1 aliphatic rings. The van der Waals surface area contributed by atoms with Crippen molar-refractivity contribution in [1.29, 1.82) is 0 Å². The lowest BCUT2D eigenvalue weighted by atomic mass is 10.1. The number of nitro benzene ring substituents is 1. The number of amides is 1. The summed E-state index contributed by atoms with van der Waals surface area (Å²) in [4.78, 5) is 61.2. The van der Waals surface area contributed by atoms with Gasteiger partial charge in [0.25, 0.3) is 5.69 Å². The Kier molecular flexibility index (Phi) is 6.91. The average molecular weight is 492 g/mol. The summed E-state index contributed by atoms with van der Waals surface area (Å²) in [7, 11) is 0. The maximum Gasteiger partial charge on any atom is 0.379 e. The van der Waals surface area contributed by atoms with Crippen LogP contribution in [0.1, 0.15) is 32.9 Å². The first-order valence-electron chi connectivity index (χ1n) is 10.8. The monoisotopic (exact) mass is 492 g/mol. The number of nitro groups is 1. The molecule has 1 fully saturated rings. The molecular formula is C25H20N2O9. The number of nitrogens with zero attached hydrogens (tertiary/aromatic N) is 2. The minimum Gasteiger partial charge on any atom is -0.457 e. The maximum absolute atomic E-state index is 12.5. The summed E-state index contributed by atoms with van der Waals surface area (Å²) in [6.07, 6.45) is 1.21.